The van der Waals surface area contributed by atoms with E-state index in [0.717, 1.165) is 0 Å². The van der Waals surface area contributed by atoms with Crippen molar-refractivity contribution < 1.29 is 8.42 Å². The van der Waals surface area contributed by atoms with Crippen LogP contribution in [-0.2, 0) is 10.0 Å². The van der Waals surface area contributed by atoms with Crippen molar-refractivity contribution in [3.05, 3.63) is 17.4 Å². The van der Waals surface area contributed by atoms with E-state index in [1.807, 2.05) is 0 Å². The van der Waals surface area contributed by atoms with Gasteiger partial charge in [0.25, 0.3) is 0 Å². The Balaban J connectivity index is 2.45. The first-order valence-electron chi connectivity index (χ1n) is 4.53. The van der Waals surface area contributed by atoms with Crippen LogP contribution >= 0.6 is 11.6 Å². The molecule has 16 heavy (non-hydrogen) atoms. The smallest absolute Gasteiger partial charge is 0.222 e. The van der Waals surface area contributed by atoms with Gasteiger partial charge < -0.3 is 5.32 Å². The molecule has 0 spiro atoms. The van der Waals surface area contributed by atoms with Gasteiger partial charge in [-0.15, -0.1) is 0 Å². The Morgan fingerprint density at radius 2 is 1.94 bits per heavy atom. The highest BCUT2D eigenvalue weighted by atomic mass is 35.5. The number of anilines is 1. The third-order valence-electron chi connectivity index (χ3n) is 1.82. The lowest BCUT2D eigenvalue weighted by molar-refractivity contribution is 0.521. The molecule has 1 heterocycles. The van der Waals surface area contributed by atoms with Gasteiger partial charge in [0.05, 0.1) is 23.2 Å². The Kier molecular flexibility index (Phi) is 4.45. The van der Waals surface area contributed by atoms with E-state index in [-0.39, 0.29) is 12.3 Å². The zero-order chi connectivity index (χ0) is 12.2. The van der Waals surface area contributed by atoms with E-state index in [4.69, 9.17) is 11.6 Å². The van der Waals surface area contributed by atoms with Gasteiger partial charge in [-0.25, -0.2) is 22.7 Å². The van der Waals surface area contributed by atoms with Crippen LogP contribution in [0.5, 0.6) is 0 Å². The molecule has 0 radical (unpaired) electrons. The fourth-order valence-electron chi connectivity index (χ4n) is 0.878. The van der Waals surface area contributed by atoms with Crippen LogP contribution in [0.4, 0.5) is 5.95 Å². The molecule has 1 N–H and O–H groups in total. The van der Waals surface area contributed by atoms with E-state index < -0.39 is 10.0 Å². The molecule has 0 saturated carbocycles. The maximum atomic E-state index is 11.4. The van der Waals surface area contributed by atoms with Crippen LogP contribution in [0.3, 0.4) is 0 Å². The zero-order valence-corrected chi connectivity index (χ0v) is 10.6. The summed E-state index contributed by atoms with van der Waals surface area (Å²) >= 11 is 5.60. The van der Waals surface area contributed by atoms with Crippen LogP contribution in [-0.4, -0.2) is 49.1 Å². The molecule has 0 aliphatic rings. The summed E-state index contributed by atoms with van der Waals surface area (Å²) in [5.41, 5.74) is 0. The molecule has 0 atom stereocenters. The van der Waals surface area contributed by atoms with Crippen molar-refractivity contribution in [2.45, 2.75) is 0 Å². The molecule has 1 aromatic heterocycles. The Labute approximate surface area is 99.7 Å². The monoisotopic (exact) mass is 264 g/mol. The first kappa shape index (κ1) is 13.1. The van der Waals surface area contributed by atoms with Crippen LogP contribution in [0.1, 0.15) is 0 Å². The summed E-state index contributed by atoms with van der Waals surface area (Å²) in [4.78, 5) is 7.76. The Bertz CT molecular complexity index is 432. The lowest BCUT2D eigenvalue weighted by atomic mass is 10.6. The average molecular weight is 265 g/mol. The molecule has 0 aromatic carbocycles. The molecule has 0 fully saturated rings. The minimum absolute atomic E-state index is 0.00795. The van der Waals surface area contributed by atoms with E-state index >= 15 is 0 Å². The van der Waals surface area contributed by atoms with E-state index in [9.17, 15) is 8.42 Å². The molecule has 0 saturated heterocycles. The van der Waals surface area contributed by atoms with Gasteiger partial charge >= 0.3 is 0 Å². The molecule has 1 rings (SSSR count). The van der Waals surface area contributed by atoms with E-state index in [0.29, 0.717) is 11.0 Å². The predicted octanol–water partition coefficient (Wildman–Crippen LogP) is 0.433. The van der Waals surface area contributed by atoms with Gasteiger partial charge in [-0.3, -0.25) is 0 Å². The van der Waals surface area contributed by atoms with Crippen LogP contribution in [0.2, 0.25) is 5.02 Å². The fourth-order valence-corrected chi connectivity index (χ4v) is 1.70. The summed E-state index contributed by atoms with van der Waals surface area (Å²) < 4.78 is 24.0. The number of sulfonamides is 1. The SMILES string of the molecule is CN(C)S(=O)(=O)CCNc1ncc(Cl)cn1. The van der Waals surface area contributed by atoms with Crippen molar-refractivity contribution in [3.63, 3.8) is 0 Å². The van der Waals surface area contributed by atoms with Crippen molar-refractivity contribution >= 4 is 27.6 Å². The molecule has 0 amide bonds. The summed E-state index contributed by atoms with van der Waals surface area (Å²) in [5.74, 6) is 0.352. The second kappa shape index (κ2) is 5.42. The molecular formula is C8H13ClN4O2S. The highest BCUT2D eigenvalue weighted by Gasteiger charge is 2.12. The van der Waals surface area contributed by atoms with Crippen molar-refractivity contribution in [2.75, 3.05) is 31.7 Å². The number of nitrogens with zero attached hydrogens (tertiary/aromatic N) is 3. The van der Waals surface area contributed by atoms with Gasteiger partial charge in [0, 0.05) is 20.6 Å². The molecule has 0 aliphatic heterocycles. The molecule has 6 nitrogen and oxygen atoms in total. The van der Waals surface area contributed by atoms with Crippen LogP contribution < -0.4 is 5.32 Å². The minimum atomic E-state index is -3.19. The topological polar surface area (TPSA) is 75.2 Å². The largest absolute Gasteiger partial charge is 0.353 e. The second-order valence-corrected chi connectivity index (χ2v) is 5.99. The first-order chi connectivity index (χ1) is 7.42. The van der Waals surface area contributed by atoms with E-state index in [1.54, 1.807) is 0 Å². The van der Waals surface area contributed by atoms with Gasteiger partial charge in [-0.2, -0.15) is 0 Å². The maximum Gasteiger partial charge on any atom is 0.222 e. The third-order valence-corrected chi connectivity index (χ3v) is 3.85. The van der Waals surface area contributed by atoms with Gasteiger partial charge in [0.1, 0.15) is 0 Å². The summed E-state index contributed by atoms with van der Waals surface area (Å²) in [6, 6.07) is 0. The Morgan fingerprint density at radius 3 is 2.44 bits per heavy atom. The van der Waals surface area contributed by atoms with Crippen LogP contribution in [0.15, 0.2) is 12.4 Å². The lowest BCUT2D eigenvalue weighted by Crippen LogP contribution is -2.28. The molecule has 90 valence electrons. The molecular weight excluding hydrogens is 252 g/mol. The van der Waals surface area contributed by atoms with Crippen molar-refractivity contribution in [2.24, 2.45) is 0 Å². The molecule has 0 bridgehead atoms. The van der Waals surface area contributed by atoms with Crippen LogP contribution in [0, 0.1) is 0 Å². The Morgan fingerprint density at radius 1 is 1.38 bits per heavy atom. The average Bonchev–Trinajstić information content (AvgIpc) is 2.20. The molecule has 1 aromatic rings. The summed E-state index contributed by atoms with van der Waals surface area (Å²) in [5, 5.41) is 3.23. The summed E-state index contributed by atoms with van der Waals surface area (Å²) in [7, 11) is -0.199. The first-order valence-corrected chi connectivity index (χ1v) is 6.52. The summed E-state index contributed by atoms with van der Waals surface area (Å²) in [6.07, 6.45) is 2.88. The number of hydrogen-bond acceptors (Lipinski definition) is 5. The number of hydrogen-bond donors (Lipinski definition) is 1. The van der Waals surface area contributed by atoms with Gasteiger partial charge in [0.2, 0.25) is 16.0 Å². The van der Waals surface area contributed by atoms with Gasteiger partial charge in [-0.05, 0) is 0 Å². The van der Waals surface area contributed by atoms with E-state index in [1.165, 1.54) is 30.8 Å². The highest BCUT2D eigenvalue weighted by molar-refractivity contribution is 7.89. The van der Waals surface area contributed by atoms with Gasteiger partial charge in [0.15, 0.2) is 0 Å². The summed E-state index contributed by atoms with van der Waals surface area (Å²) in [6.45, 7) is 0.252. The van der Waals surface area contributed by atoms with Crippen LogP contribution in [0.25, 0.3) is 0 Å². The van der Waals surface area contributed by atoms with Gasteiger partial charge in [-0.1, -0.05) is 11.6 Å². The normalized spacial score (nSPS) is 11.8. The standard InChI is InChI=1S/C8H13ClN4O2S/c1-13(2)16(14,15)4-3-10-8-11-5-7(9)6-12-8/h5-6H,3-4H2,1-2H3,(H,10,11,12). The maximum absolute atomic E-state index is 11.4. The molecule has 8 heteroatoms. The third kappa shape index (κ3) is 3.92. The Hall–Kier alpha value is -0.920. The predicted molar refractivity (Wildman–Crippen MR) is 63.0 cm³/mol. The minimum Gasteiger partial charge on any atom is -0.353 e. The van der Waals surface area contributed by atoms with Crippen molar-refractivity contribution in [1.29, 1.82) is 0 Å². The molecule has 0 unspecified atom stereocenters. The number of halogens is 1. The number of aromatic nitrogens is 2. The quantitative estimate of drug-likeness (QED) is 0.835. The van der Waals surface area contributed by atoms with E-state index in [2.05, 4.69) is 15.3 Å². The fraction of sp³-hybridized carbons (Fsp3) is 0.500. The van der Waals surface area contributed by atoms with Crippen molar-refractivity contribution in [1.82, 2.24) is 14.3 Å². The highest BCUT2D eigenvalue weighted by Crippen LogP contribution is 2.05. The lowest BCUT2D eigenvalue weighted by Gasteiger charge is -2.11. The molecule has 0 aliphatic carbocycles. The van der Waals surface area contributed by atoms with Crippen molar-refractivity contribution in [3.8, 4) is 0 Å². The second-order valence-electron chi connectivity index (χ2n) is 3.25. The number of rotatable bonds is 5. The number of nitrogens with one attached hydrogen (secondary N) is 1. The zero-order valence-electron chi connectivity index (χ0n) is 9.01.